The summed E-state index contributed by atoms with van der Waals surface area (Å²) < 4.78 is 0. The smallest absolute Gasteiger partial charge is 0.237 e. The third-order valence-electron chi connectivity index (χ3n) is 4.55. The Morgan fingerprint density at radius 1 is 1.29 bits per heavy atom. The van der Waals surface area contributed by atoms with Crippen molar-refractivity contribution in [3.05, 3.63) is 29.3 Å². The van der Waals surface area contributed by atoms with E-state index in [0.717, 1.165) is 25.9 Å². The zero-order valence-electron chi connectivity index (χ0n) is 12.8. The van der Waals surface area contributed by atoms with Crippen LogP contribution in [0.3, 0.4) is 0 Å². The first-order chi connectivity index (χ1) is 10.2. The lowest BCUT2D eigenvalue weighted by molar-refractivity contribution is -0.124. The maximum atomic E-state index is 11.7. The lowest BCUT2D eigenvalue weighted by Crippen LogP contribution is -2.47. The largest absolute Gasteiger partial charge is 0.371 e. The molecule has 3 rings (SSSR count). The summed E-state index contributed by atoms with van der Waals surface area (Å²) in [6, 6.07) is 6.64. The second-order valence-electron chi connectivity index (χ2n) is 6.18. The van der Waals surface area contributed by atoms with E-state index in [9.17, 15) is 4.79 Å². The number of amides is 1. The van der Waals surface area contributed by atoms with Gasteiger partial charge in [-0.2, -0.15) is 0 Å². The Hall–Kier alpha value is -1.55. The van der Waals surface area contributed by atoms with Gasteiger partial charge in [0.15, 0.2) is 0 Å². The highest BCUT2D eigenvalue weighted by Crippen LogP contribution is 2.25. The molecule has 2 fully saturated rings. The Balaban J connectivity index is 1.61. The summed E-state index contributed by atoms with van der Waals surface area (Å²) in [6.07, 6.45) is 4.62. The molecule has 1 amide bonds. The van der Waals surface area contributed by atoms with Crippen molar-refractivity contribution in [3.8, 4) is 0 Å². The molecule has 0 bridgehead atoms. The number of piperidine rings is 1. The first kappa shape index (κ1) is 14.4. The SMILES string of the molecule is Cc1cc(CN[C@H]2CCCNC2=O)ccc1N1CCCC1. The molecule has 0 saturated carbocycles. The van der Waals surface area contributed by atoms with Crippen LogP contribution < -0.4 is 15.5 Å². The molecule has 2 aliphatic rings. The quantitative estimate of drug-likeness (QED) is 0.890. The van der Waals surface area contributed by atoms with Crippen molar-refractivity contribution in [1.29, 1.82) is 0 Å². The lowest BCUT2D eigenvalue weighted by Gasteiger charge is -2.24. The number of hydrogen-bond donors (Lipinski definition) is 2. The minimum absolute atomic E-state index is 0.0303. The average Bonchev–Trinajstić information content (AvgIpc) is 3.00. The number of carbonyl (C=O) groups excluding carboxylic acids is 1. The van der Waals surface area contributed by atoms with Gasteiger partial charge in [-0.25, -0.2) is 0 Å². The molecule has 2 N–H and O–H groups in total. The highest BCUT2D eigenvalue weighted by Gasteiger charge is 2.21. The zero-order valence-corrected chi connectivity index (χ0v) is 12.8. The molecule has 4 heteroatoms. The van der Waals surface area contributed by atoms with E-state index in [1.807, 2.05) is 0 Å². The average molecular weight is 287 g/mol. The Bertz CT molecular complexity index is 509. The molecule has 0 aromatic heterocycles. The molecule has 0 aliphatic carbocycles. The molecular weight excluding hydrogens is 262 g/mol. The van der Waals surface area contributed by atoms with E-state index >= 15 is 0 Å². The number of hydrogen-bond acceptors (Lipinski definition) is 3. The van der Waals surface area contributed by atoms with Crippen LogP contribution in [0, 0.1) is 6.92 Å². The minimum atomic E-state index is -0.0303. The summed E-state index contributed by atoms with van der Waals surface area (Å²) in [5.41, 5.74) is 3.96. The van der Waals surface area contributed by atoms with Crippen molar-refractivity contribution < 1.29 is 4.79 Å². The maximum Gasteiger partial charge on any atom is 0.237 e. The highest BCUT2D eigenvalue weighted by molar-refractivity contribution is 5.82. The van der Waals surface area contributed by atoms with Gasteiger partial charge >= 0.3 is 0 Å². The molecular formula is C17H25N3O. The summed E-state index contributed by atoms with van der Waals surface area (Å²) in [5, 5.41) is 6.30. The first-order valence-corrected chi connectivity index (χ1v) is 8.09. The van der Waals surface area contributed by atoms with Crippen LogP contribution >= 0.6 is 0 Å². The Labute approximate surface area is 126 Å². The molecule has 1 aromatic carbocycles. The van der Waals surface area contributed by atoms with Gasteiger partial charge in [-0.3, -0.25) is 4.79 Å². The van der Waals surface area contributed by atoms with Gasteiger partial charge in [0.05, 0.1) is 6.04 Å². The van der Waals surface area contributed by atoms with Crippen molar-refractivity contribution in [2.45, 2.75) is 45.2 Å². The normalized spacial score (nSPS) is 22.4. The molecule has 1 atom stereocenters. The first-order valence-electron chi connectivity index (χ1n) is 8.09. The van der Waals surface area contributed by atoms with Crippen LogP contribution in [-0.2, 0) is 11.3 Å². The van der Waals surface area contributed by atoms with Crippen LogP contribution in [0.2, 0.25) is 0 Å². The second-order valence-corrected chi connectivity index (χ2v) is 6.18. The predicted molar refractivity (Wildman–Crippen MR) is 85.5 cm³/mol. The summed E-state index contributed by atoms with van der Waals surface area (Å²) >= 11 is 0. The molecule has 0 spiro atoms. The fraction of sp³-hybridized carbons (Fsp3) is 0.588. The Morgan fingerprint density at radius 3 is 2.81 bits per heavy atom. The van der Waals surface area contributed by atoms with E-state index in [1.165, 1.54) is 42.7 Å². The molecule has 0 unspecified atom stereocenters. The topological polar surface area (TPSA) is 44.4 Å². The van der Waals surface area contributed by atoms with Crippen LogP contribution in [0.25, 0.3) is 0 Å². The van der Waals surface area contributed by atoms with E-state index in [-0.39, 0.29) is 11.9 Å². The molecule has 0 radical (unpaired) electrons. The van der Waals surface area contributed by atoms with Crippen LogP contribution in [0.4, 0.5) is 5.69 Å². The number of aryl methyl sites for hydroxylation is 1. The number of nitrogens with zero attached hydrogens (tertiary/aromatic N) is 1. The summed E-state index contributed by atoms with van der Waals surface area (Å²) in [7, 11) is 0. The Morgan fingerprint density at radius 2 is 2.10 bits per heavy atom. The van der Waals surface area contributed by atoms with Crippen molar-refractivity contribution in [3.63, 3.8) is 0 Å². The van der Waals surface area contributed by atoms with Gasteiger partial charge in [0.1, 0.15) is 0 Å². The molecule has 1 aromatic rings. The molecule has 4 nitrogen and oxygen atoms in total. The number of anilines is 1. The van der Waals surface area contributed by atoms with Crippen molar-refractivity contribution in [2.75, 3.05) is 24.5 Å². The fourth-order valence-corrected chi connectivity index (χ4v) is 3.35. The van der Waals surface area contributed by atoms with Crippen LogP contribution in [0.5, 0.6) is 0 Å². The minimum Gasteiger partial charge on any atom is -0.371 e. The summed E-state index contributed by atoms with van der Waals surface area (Å²) in [5.74, 6) is 0.145. The van der Waals surface area contributed by atoms with Crippen molar-refractivity contribution >= 4 is 11.6 Å². The number of rotatable bonds is 4. The predicted octanol–water partition coefficient (Wildman–Crippen LogP) is 1.96. The van der Waals surface area contributed by atoms with E-state index in [2.05, 4.69) is 40.7 Å². The van der Waals surface area contributed by atoms with Crippen molar-refractivity contribution in [2.24, 2.45) is 0 Å². The molecule has 2 aliphatic heterocycles. The Kier molecular flexibility index (Phi) is 4.44. The van der Waals surface area contributed by atoms with Gasteiger partial charge in [-0.15, -0.1) is 0 Å². The van der Waals surface area contributed by atoms with E-state index in [4.69, 9.17) is 0 Å². The van der Waals surface area contributed by atoms with Gasteiger partial charge in [0.25, 0.3) is 0 Å². The highest BCUT2D eigenvalue weighted by atomic mass is 16.2. The van der Waals surface area contributed by atoms with Gasteiger partial charge in [-0.05, 0) is 49.8 Å². The number of carbonyl (C=O) groups is 1. The standard InChI is InChI=1S/C17H25N3O/c1-13-11-14(6-7-16(13)20-9-2-3-10-20)12-19-15-5-4-8-18-17(15)21/h6-7,11,15,19H,2-5,8-10,12H2,1H3,(H,18,21)/t15-/m0/s1. The van der Waals surface area contributed by atoms with Crippen LogP contribution in [0.1, 0.15) is 36.8 Å². The van der Waals surface area contributed by atoms with Crippen LogP contribution in [-0.4, -0.2) is 31.6 Å². The van der Waals surface area contributed by atoms with E-state index in [1.54, 1.807) is 0 Å². The zero-order chi connectivity index (χ0) is 14.7. The van der Waals surface area contributed by atoms with Crippen LogP contribution in [0.15, 0.2) is 18.2 Å². The van der Waals surface area contributed by atoms with Gasteiger partial charge in [-0.1, -0.05) is 12.1 Å². The van der Waals surface area contributed by atoms with E-state index < -0.39 is 0 Å². The molecule has 21 heavy (non-hydrogen) atoms. The maximum absolute atomic E-state index is 11.7. The fourth-order valence-electron chi connectivity index (χ4n) is 3.35. The third kappa shape index (κ3) is 3.38. The number of nitrogens with one attached hydrogen (secondary N) is 2. The van der Waals surface area contributed by atoms with Gasteiger partial charge in [0, 0.05) is 31.9 Å². The third-order valence-corrected chi connectivity index (χ3v) is 4.55. The van der Waals surface area contributed by atoms with Gasteiger partial charge in [0.2, 0.25) is 5.91 Å². The van der Waals surface area contributed by atoms with E-state index in [0.29, 0.717) is 0 Å². The number of benzene rings is 1. The molecule has 114 valence electrons. The van der Waals surface area contributed by atoms with Gasteiger partial charge < -0.3 is 15.5 Å². The lowest BCUT2D eigenvalue weighted by atomic mass is 10.1. The summed E-state index contributed by atoms with van der Waals surface area (Å²) in [6.45, 7) is 6.13. The molecule has 2 heterocycles. The second kappa shape index (κ2) is 6.48. The van der Waals surface area contributed by atoms with Crippen molar-refractivity contribution in [1.82, 2.24) is 10.6 Å². The molecule has 2 saturated heterocycles. The monoisotopic (exact) mass is 287 g/mol. The summed E-state index contributed by atoms with van der Waals surface area (Å²) in [4.78, 5) is 14.2.